The second kappa shape index (κ2) is 12.5. The Labute approximate surface area is 203 Å². The van der Waals surface area contributed by atoms with E-state index in [1.807, 2.05) is 11.8 Å². The van der Waals surface area contributed by atoms with Crippen LogP contribution in [-0.2, 0) is 16.0 Å². The Morgan fingerprint density at radius 1 is 1.19 bits per heavy atom. The van der Waals surface area contributed by atoms with Crippen molar-refractivity contribution in [3.05, 3.63) is 29.8 Å². The smallest absolute Gasteiger partial charge is 0.406 e. The predicted molar refractivity (Wildman–Crippen MR) is 125 cm³/mol. The highest BCUT2D eigenvalue weighted by atomic mass is 127. The number of ether oxygens (including phenoxy) is 2. The van der Waals surface area contributed by atoms with E-state index in [2.05, 4.69) is 19.9 Å². The van der Waals surface area contributed by atoms with E-state index in [0.717, 1.165) is 30.9 Å². The van der Waals surface area contributed by atoms with Gasteiger partial charge < -0.3 is 24.6 Å². The summed E-state index contributed by atoms with van der Waals surface area (Å²) in [5.41, 5.74) is 0.876. The maximum Gasteiger partial charge on any atom is 0.573 e. The minimum atomic E-state index is -4.69. The molecule has 0 radical (unpaired) electrons. The summed E-state index contributed by atoms with van der Waals surface area (Å²) in [6.45, 7) is 6.50. The van der Waals surface area contributed by atoms with Crippen LogP contribution in [0, 0.1) is 0 Å². The number of carbonyl (C=O) groups is 1. The molecule has 32 heavy (non-hydrogen) atoms. The molecule has 1 atom stereocenters. The van der Waals surface area contributed by atoms with Gasteiger partial charge in [0.1, 0.15) is 11.9 Å². The van der Waals surface area contributed by atoms with Crippen LogP contribution >= 0.6 is 24.0 Å². The van der Waals surface area contributed by atoms with Crippen molar-refractivity contribution < 1.29 is 27.4 Å². The molecule has 0 aromatic heterocycles. The fourth-order valence-electron chi connectivity index (χ4n) is 3.69. The van der Waals surface area contributed by atoms with Gasteiger partial charge in [0, 0.05) is 45.9 Å². The summed E-state index contributed by atoms with van der Waals surface area (Å²) < 4.78 is 46.1. The zero-order chi connectivity index (χ0) is 22.3. The fourth-order valence-corrected chi connectivity index (χ4v) is 3.69. The molecule has 1 unspecified atom stereocenters. The van der Waals surface area contributed by atoms with E-state index < -0.39 is 6.36 Å². The zero-order valence-electron chi connectivity index (χ0n) is 18.1. The van der Waals surface area contributed by atoms with Crippen LogP contribution in [0.3, 0.4) is 0 Å². The van der Waals surface area contributed by atoms with Crippen molar-refractivity contribution >= 4 is 35.8 Å². The number of aliphatic imine (C=N–C) groups is 1. The summed E-state index contributed by atoms with van der Waals surface area (Å²) in [6, 6.07) is 5.84. The maximum atomic E-state index is 12.5. The second-order valence-corrected chi connectivity index (χ2v) is 7.49. The van der Waals surface area contributed by atoms with Crippen LogP contribution in [0.1, 0.15) is 25.3 Å². The highest BCUT2D eigenvalue weighted by Gasteiger charge is 2.31. The monoisotopic (exact) mass is 570 g/mol. The molecule has 1 amide bonds. The van der Waals surface area contributed by atoms with Crippen LogP contribution in [0.2, 0.25) is 0 Å². The Morgan fingerprint density at radius 3 is 2.41 bits per heavy atom. The van der Waals surface area contributed by atoms with Gasteiger partial charge >= 0.3 is 6.36 Å². The molecular formula is C21H30F3IN4O3. The van der Waals surface area contributed by atoms with Crippen molar-refractivity contribution in [2.45, 2.75) is 38.7 Å². The third-order valence-electron chi connectivity index (χ3n) is 5.25. The molecule has 0 spiro atoms. The lowest BCUT2D eigenvalue weighted by Crippen LogP contribution is -2.55. The van der Waals surface area contributed by atoms with Crippen molar-refractivity contribution in [1.82, 2.24) is 15.1 Å². The molecule has 2 aliphatic heterocycles. The van der Waals surface area contributed by atoms with Gasteiger partial charge in [-0.3, -0.25) is 9.79 Å². The average molecular weight is 570 g/mol. The molecule has 2 aliphatic rings. The second-order valence-electron chi connectivity index (χ2n) is 7.49. The fraction of sp³-hybridized carbons (Fsp3) is 0.619. The van der Waals surface area contributed by atoms with E-state index in [4.69, 9.17) is 4.74 Å². The van der Waals surface area contributed by atoms with Crippen LogP contribution in [0.25, 0.3) is 0 Å². The summed E-state index contributed by atoms with van der Waals surface area (Å²) in [5, 5.41) is 3.28. The third kappa shape index (κ3) is 7.98. The Balaban J connectivity index is 0.00000363. The van der Waals surface area contributed by atoms with E-state index in [9.17, 15) is 18.0 Å². The summed E-state index contributed by atoms with van der Waals surface area (Å²) >= 11 is 0. The van der Waals surface area contributed by atoms with Crippen molar-refractivity contribution in [3.8, 4) is 5.75 Å². The summed E-state index contributed by atoms with van der Waals surface area (Å²) in [4.78, 5) is 21.1. The van der Waals surface area contributed by atoms with Gasteiger partial charge in [-0.1, -0.05) is 12.1 Å². The molecule has 1 aromatic carbocycles. The number of amides is 1. The normalized spacial score (nSPS) is 19.5. The molecule has 7 nitrogen and oxygen atoms in total. The van der Waals surface area contributed by atoms with Crippen molar-refractivity contribution in [2.24, 2.45) is 4.99 Å². The summed E-state index contributed by atoms with van der Waals surface area (Å²) in [6.07, 6.45) is -2.65. The molecule has 180 valence electrons. The number of benzene rings is 1. The van der Waals surface area contributed by atoms with E-state index in [0.29, 0.717) is 45.8 Å². The topological polar surface area (TPSA) is 66.4 Å². The van der Waals surface area contributed by atoms with E-state index in [-0.39, 0.29) is 41.7 Å². The van der Waals surface area contributed by atoms with Gasteiger partial charge in [0.2, 0.25) is 0 Å². The standard InChI is InChI=1S/C21H29F3N4O3.HI/c1-2-25-20(26-10-9-16-5-7-17(8-6-16)31-21(22,23)24)28-13-11-27(12-14-28)19(29)18-4-3-15-30-18;/h5-8,18H,2-4,9-15H2,1H3,(H,25,26);1H. The van der Waals surface area contributed by atoms with E-state index in [1.165, 1.54) is 12.1 Å². The third-order valence-corrected chi connectivity index (χ3v) is 5.25. The molecule has 2 fully saturated rings. The number of nitrogens with one attached hydrogen (secondary N) is 1. The number of guanidine groups is 1. The van der Waals surface area contributed by atoms with Crippen LogP contribution in [-0.4, -0.2) is 80.0 Å². The molecule has 1 aromatic rings. The van der Waals surface area contributed by atoms with Crippen LogP contribution < -0.4 is 10.1 Å². The number of alkyl halides is 3. The molecule has 0 aliphatic carbocycles. The first-order chi connectivity index (χ1) is 14.9. The molecular weight excluding hydrogens is 540 g/mol. The number of halogens is 4. The number of carbonyl (C=O) groups excluding carboxylic acids is 1. The molecule has 3 rings (SSSR count). The van der Waals surface area contributed by atoms with Gasteiger partial charge in [-0.15, -0.1) is 37.1 Å². The Morgan fingerprint density at radius 2 is 1.84 bits per heavy atom. The highest BCUT2D eigenvalue weighted by Crippen LogP contribution is 2.23. The first-order valence-corrected chi connectivity index (χ1v) is 10.6. The number of piperazine rings is 1. The minimum Gasteiger partial charge on any atom is -0.406 e. The first-order valence-electron chi connectivity index (χ1n) is 10.6. The zero-order valence-corrected chi connectivity index (χ0v) is 20.4. The van der Waals surface area contributed by atoms with Gasteiger partial charge in [-0.25, -0.2) is 0 Å². The number of hydrogen-bond acceptors (Lipinski definition) is 4. The summed E-state index contributed by atoms with van der Waals surface area (Å²) in [5.74, 6) is 0.629. The number of rotatable bonds is 6. The van der Waals surface area contributed by atoms with Gasteiger partial charge in [0.15, 0.2) is 5.96 Å². The Kier molecular flexibility index (Phi) is 10.3. The lowest BCUT2D eigenvalue weighted by molar-refractivity contribution is -0.274. The van der Waals surface area contributed by atoms with Crippen molar-refractivity contribution in [1.29, 1.82) is 0 Å². The van der Waals surface area contributed by atoms with Gasteiger partial charge in [0.05, 0.1) is 0 Å². The lowest BCUT2D eigenvalue weighted by Gasteiger charge is -2.37. The summed E-state index contributed by atoms with van der Waals surface area (Å²) in [7, 11) is 0. The average Bonchev–Trinajstić information content (AvgIpc) is 3.28. The lowest BCUT2D eigenvalue weighted by atomic mass is 10.1. The number of hydrogen-bond donors (Lipinski definition) is 1. The quantitative estimate of drug-likeness (QED) is 0.324. The SMILES string of the molecule is CCNC(=NCCc1ccc(OC(F)(F)F)cc1)N1CCN(C(=O)C2CCCO2)CC1.I. The van der Waals surface area contributed by atoms with Gasteiger partial charge in [0.25, 0.3) is 5.91 Å². The molecule has 1 N–H and O–H groups in total. The highest BCUT2D eigenvalue weighted by molar-refractivity contribution is 14.0. The Hall–Kier alpha value is -1.76. The minimum absolute atomic E-state index is 0. The number of nitrogens with zero attached hydrogens (tertiary/aromatic N) is 3. The van der Waals surface area contributed by atoms with Crippen molar-refractivity contribution in [2.75, 3.05) is 45.9 Å². The molecule has 0 saturated carbocycles. The van der Waals surface area contributed by atoms with Crippen LogP contribution in [0.15, 0.2) is 29.3 Å². The molecule has 11 heteroatoms. The Bertz CT molecular complexity index is 748. The molecule has 2 saturated heterocycles. The van der Waals surface area contributed by atoms with Gasteiger partial charge in [-0.2, -0.15) is 0 Å². The van der Waals surface area contributed by atoms with E-state index >= 15 is 0 Å². The molecule has 0 bridgehead atoms. The van der Waals surface area contributed by atoms with Crippen LogP contribution in [0.5, 0.6) is 5.75 Å². The van der Waals surface area contributed by atoms with Crippen molar-refractivity contribution in [3.63, 3.8) is 0 Å². The van der Waals surface area contributed by atoms with Crippen LogP contribution in [0.4, 0.5) is 13.2 Å². The predicted octanol–water partition coefficient (Wildman–Crippen LogP) is 3.03. The maximum absolute atomic E-state index is 12.5. The van der Waals surface area contributed by atoms with E-state index in [1.54, 1.807) is 12.1 Å². The molecule has 2 heterocycles. The van der Waals surface area contributed by atoms with Gasteiger partial charge in [-0.05, 0) is 43.9 Å². The largest absolute Gasteiger partial charge is 0.573 e. The first kappa shape index (κ1) is 26.5.